The highest BCUT2D eigenvalue weighted by Crippen LogP contribution is 2.16. The van der Waals surface area contributed by atoms with E-state index in [1.807, 2.05) is 37.3 Å². The van der Waals surface area contributed by atoms with Gasteiger partial charge in [-0.1, -0.05) is 42.5 Å². The van der Waals surface area contributed by atoms with Crippen molar-refractivity contribution in [2.75, 3.05) is 26.7 Å². The molecule has 2 rings (SSSR count). The number of nitrogens with zero attached hydrogens (tertiary/aromatic N) is 1. The first kappa shape index (κ1) is 24.7. The zero-order valence-corrected chi connectivity index (χ0v) is 19.0. The third-order valence-corrected chi connectivity index (χ3v) is 3.94. The molecule has 0 fully saturated rings. The van der Waals surface area contributed by atoms with Gasteiger partial charge < -0.3 is 20.7 Å². The van der Waals surface area contributed by atoms with E-state index >= 15 is 0 Å². The molecule has 0 aliphatic rings. The van der Waals surface area contributed by atoms with E-state index in [2.05, 4.69) is 20.9 Å². The molecule has 8 heteroatoms. The quantitative estimate of drug-likeness (QED) is 0.274. The van der Waals surface area contributed by atoms with Gasteiger partial charge in [0, 0.05) is 13.6 Å². The number of hydrogen-bond acceptors (Lipinski definition) is 3. The van der Waals surface area contributed by atoms with Crippen LogP contribution < -0.4 is 20.7 Å². The molecule has 1 unspecified atom stereocenters. The molecule has 0 saturated heterocycles. The van der Waals surface area contributed by atoms with E-state index in [-0.39, 0.29) is 48.3 Å². The van der Waals surface area contributed by atoms with E-state index < -0.39 is 5.82 Å². The van der Waals surface area contributed by atoms with Crippen LogP contribution in [0.15, 0.2) is 59.6 Å². The maximum absolute atomic E-state index is 13.6. The van der Waals surface area contributed by atoms with Gasteiger partial charge in [0.25, 0.3) is 0 Å². The predicted molar refractivity (Wildman–Crippen MR) is 124 cm³/mol. The lowest BCUT2D eigenvalue weighted by Gasteiger charge is -2.18. The Morgan fingerprint density at radius 1 is 1.07 bits per heavy atom. The Kier molecular flexibility index (Phi) is 11.7. The average molecular weight is 514 g/mol. The lowest BCUT2D eigenvalue weighted by Crippen LogP contribution is -2.45. The molecule has 29 heavy (non-hydrogen) atoms. The van der Waals surface area contributed by atoms with Crippen LogP contribution in [0.25, 0.3) is 0 Å². The van der Waals surface area contributed by atoms with Crippen LogP contribution in [0.4, 0.5) is 4.39 Å². The Bertz CT molecular complexity index is 774. The number of benzene rings is 2. The Hall–Kier alpha value is -2.36. The summed E-state index contributed by atoms with van der Waals surface area (Å²) in [6, 6.07) is 16.2. The zero-order chi connectivity index (χ0) is 20.2. The molecule has 3 N–H and O–H groups in total. The molecule has 2 aromatic rings. The Morgan fingerprint density at radius 3 is 2.45 bits per heavy atom. The van der Waals surface area contributed by atoms with Crippen LogP contribution in [-0.2, 0) is 11.2 Å². The van der Waals surface area contributed by atoms with E-state index in [4.69, 9.17) is 4.74 Å². The average Bonchev–Trinajstić information content (AvgIpc) is 2.70. The molecule has 158 valence electrons. The van der Waals surface area contributed by atoms with Crippen LogP contribution in [0.5, 0.6) is 5.75 Å². The molecule has 0 spiro atoms. The minimum atomic E-state index is -0.399. The van der Waals surface area contributed by atoms with E-state index in [0.29, 0.717) is 19.0 Å². The molecule has 1 atom stereocenters. The molecule has 1 amide bonds. The molecule has 2 aromatic carbocycles. The summed E-state index contributed by atoms with van der Waals surface area (Å²) in [5, 5.41) is 8.87. The number of carbonyl (C=O) groups excluding carboxylic acids is 1. The maximum atomic E-state index is 13.6. The van der Waals surface area contributed by atoms with Crippen molar-refractivity contribution in [2.24, 2.45) is 4.99 Å². The molecule has 0 aromatic heterocycles. The molecule has 0 radical (unpaired) electrons. The van der Waals surface area contributed by atoms with Crippen molar-refractivity contribution in [2.45, 2.75) is 19.4 Å². The number of carbonyl (C=O) groups is 1. The fourth-order valence-corrected chi connectivity index (χ4v) is 2.48. The number of nitrogens with one attached hydrogen (secondary N) is 3. The highest BCUT2D eigenvalue weighted by atomic mass is 127. The second kappa shape index (κ2) is 13.8. The minimum absolute atomic E-state index is 0. The van der Waals surface area contributed by atoms with Crippen molar-refractivity contribution in [3.05, 3.63) is 66.0 Å². The Morgan fingerprint density at radius 2 is 1.76 bits per heavy atom. The molecule has 0 heterocycles. The van der Waals surface area contributed by atoms with Gasteiger partial charge in [-0.2, -0.15) is 0 Å². The topological polar surface area (TPSA) is 74.8 Å². The number of amides is 1. The van der Waals surface area contributed by atoms with Gasteiger partial charge in [-0.15, -0.1) is 24.0 Å². The lowest BCUT2D eigenvalue weighted by molar-refractivity contribution is -0.119. The largest absolute Gasteiger partial charge is 0.486 e. The molecule has 0 bridgehead atoms. The first-order valence-corrected chi connectivity index (χ1v) is 9.25. The van der Waals surface area contributed by atoms with Crippen LogP contribution >= 0.6 is 24.0 Å². The molecule has 6 nitrogen and oxygen atoms in total. The van der Waals surface area contributed by atoms with Gasteiger partial charge >= 0.3 is 0 Å². The van der Waals surface area contributed by atoms with Gasteiger partial charge in [0.2, 0.25) is 5.91 Å². The highest BCUT2D eigenvalue weighted by Gasteiger charge is 2.09. The first-order valence-electron chi connectivity index (χ1n) is 9.25. The van der Waals surface area contributed by atoms with E-state index in [9.17, 15) is 9.18 Å². The van der Waals surface area contributed by atoms with E-state index in [0.717, 1.165) is 6.42 Å². The van der Waals surface area contributed by atoms with Crippen LogP contribution in [-0.4, -0.2) is 44.7 Å². The number of ether oxygens (including phenoxy) is 1. The molecule has 0 aliphatic heterocycles. The van der Waals surface area contributed by atoms with Crippen molar-refractivity contribution in [3.63, 3.8) is 0 Å². The van der Waals surface area contributed by atoms with Gasteiger partial charge in [-0.25, -0.2) is 4.39 Å². The monoisotopic (exact) mass is 514 g/mol. The molecular weight excluding hydrogens is 486 g/mol. The number of halogens is 2. The van der Waals surface area contributed by atoms with Crippen LogP contribution in [0.3, 0.4) is 0 Å². The van der Waals surface area contributed by atoms with Crippen molar-refractivity contribution < 1.29 is 13.9 Å². The summed E-state index contributed by atoms with van der Waals surface area (Å²) in [7, 11) is 1.62. The van der Waals surface area contributed by atoms with Gasteiger partial charge in [0.05, 0.1) is 13.1 Å². The van der Waals surface area contributed by atoms with Crippen LogP contribution in [0, 0.1) is 5.82 Å². The highest BCUT2D eigenvalue weighted by molar-refractivity contribution is 14.0. The number of aliphatic imine (C=N–C) groups is 1. The van der Waals surface area contributed by atoms with Crippen LogP contribution in [0.1, 0.15) is 12.5 Å². The maximum Gasteiger partial charge on any atom is 0.239 e. The summed E-state index contributed by atoms with van der Waals surface area (Å²) in [5.41, 5.74) is 1.18. The van der Waals surface area contributed by atoms with Crippen molar-refractivity contribution in [1.29, 1.82) is 0 Å². The van der Waals surface area contributed by atoms with Crippen molar-refractivity contribution in [3.8, 4) is 5.75 Å². The third-order valence-electron chi connectivity index (χ3n) is 3.94. The SMILES string of the molecule is CN=C(NCC(=O)NCCc1ccccc1)NCC(C)Oc1ccccc1F.I. The van der Waals surface area contributed by atoms with E-state index in [1.165, 1.54) is 11.6 Å². The standard InChI is InChI=1S/C21H27FN4O2.HI/c1-16(28-19-11-7-6-10-18(19)22)14-25-21(23-2)26-15-20(27)24-13-12-17-8-4-3-5-9-17;/h3-11,16H,12-15H2,1-2H3,(H,24,27)(H2,23,25,26);1H. The summed E-state index contributed by atoms with van der Waals surface area (Å²) in [4.78, 5) is 16.0. The predicted octanol–water partition coefficient (Wildman–Crippen LogP) is 2.73. The smallest absolute Gasteiger partial charge is 0.239 e. The Labute approximate surface area is 188 Å². The van der Waals surface area contributed by atoms with Gasteiger partial charge in [0.1, 0.15) is 6.10 Å². The summed E-state index contributed by atoms with van der Waals surface area (Å²) < 4.78 is 19.2. The van der Waals surface area contributed by atoms with Crippen molar-refractivity contribution >= 4 is 35.8 Å². The van der Waals surface area contributed by atoms with E-state index in [1.54, 1.807) is 25.2 Å². The van der Waals surface area contributed by atoms with Crippen LogP contribution in [0.2, 0.25) is 0 Å². The number of rotatable bonds is 9. The molecular formula is C21H28FIN4O2. The summed E-state index contributed by atoms with van der Waals surface area (Å²) in [6.45, 7) is 2.91. The molecule has 0 aliphatic carbocycles. The third kappa shape index (κ3) is 9.60. The fourth-order valence-electron chi connectivity index (χ4n) is 2.48. The first-order chi connectivity index (χ1) is 13.6. The van der Waals surface area contributed by atoms with Gasteiger partial charge in [-0.3, -0.25) is 9.79 Å². The fraction of sp³-hybridized carbons (Fsp3) is 0.333. The second-order valence-electron chi connectivity index (χ2n) is 6.25. The summed E-state index contributed by atoms with van der Waals surface area (Å²) >= 11 is 0. The van der Waals surface area contributed by atoms with Gasteiger partial charge in [-0.05, 0) is 31.0 Å². The number of para-hydroxylation sites is 1. The number of hydrogen-bond donors (Lipinski definition) is 3. The normalized spacial score (nSPS) is 11.8. The molecule has 0 saturated carbocycles. The summed E-state index contributed by atoms with van der Waals surface area (Å²) in [5.74, 6) is 0.165. The minimum Gasteiger partial charge on any atom is -0.486 e. The second-order valence-corrected chi connectivity index (χ2v) is 6.25. The summed E-state index contributed by atoms with van der Waals surface area (Å²) in [6.07, 6.45) is 0.500. The Balaban J connectivity index is 0.00000420. The lowest BCUT2D eigenvalue weighted by atomic mass is 10.1. The number of guanidine groups is 1. The zero-order valence-electron chi connectivity index (χ0n) is 16.7. The van der Waals surface area contributed by atoms with Gasteiger partial charge in [0.15, 0.2) is 17.5 Å². The van der Waals surface area contributed by atoms with Crippen molar-refractivity contribution in [1.82, 2.24) is 16.0 Å².